The molecule has 1 rings (SSSR count). The average Bonchev–Trinajstić information content (AvgIpc) is 2.20. The summed E-state index contributed by atoms with van der Waals surface area (Å²) in [5, 5.41) is 1.68. The standard InChI is InChI=1S/C12H20N2S/c1-4-11(13)7-10-5-6-12(14-8-10)15-9(2)3/h5-6,8-9,11H,4,7,13H2,1-3H3. The number of nitrogens with two attached hydrogens (primary N) is 1. The maximum Gasteiger partial charge on any atom is 0.0962 e. The molecule has 0 aliphatic carbocycles. The number of hydrogen-bond donors (Lipinski definition) is 1. The monoisotopic (exact) mass is 224 g/mol. The van der Waals surface area contributed by atoms with Crippen LogP contribution in [-0.4, -0.2) is 16.3 Å². The van der Waals surface area contributed by atoms with Crippen LogP contribution in [-0.2, 0) is 6.42 Å². The lowest BCUT2D eigenvalue weighted by Crippen LogP contribution is -2.21. The SMILES string of the molecule is CCC(N)Cc1ccc(SC(C)C)nc1. The van der Waals surface area contributed by atoms with E-state index in [4.69, 9.17) is 5.73 Å². The highest BCUT2D eigenvalue weighted by atomic mass is 32.2. The molecule has 2 nitrogen and oxygen atoms in total. The summed E-state index contributed by atoms with van der Waals surface area (Å²) >= 11 is 1.79. The maximum atomic E-state index is 5.89. The fraction of sp³-hybridized carbons (Fsp3) is 0.583. The molecule has 0 fully saturated rings. The zero-order valence-corrected chi connectivity index (χ0v) is 10.6. The number of pyridine rings is 1. The van der Waals surface area contributed by atoms with Crippen molar-refractivity contribution in [2.75, 3.05) is 0 Å². The fourth-order valence-electron chi connectivity index (χ4n) is 1.29. The van der Waals surface area contributed by atoms with Crippen LogP contribution in [0.4, 0.5) is 0 Å². The Morgan fingerprint density at radius 1 is 1.40 bits per heavy atom. The normalized spacial score (nSPS) is 13.1. The summed E-state index contributed by atoms with van der Waals surface area (Å²) < 4.78 is 0. The second-order valence-electron chi connectivity index (χ2n) is 4.04. The molecule has 1 heterocycles. The predicted octanol–water partition coefficient (Wildman–Crippen LogP) is 2.86. The minimum absolute atomic E-state index is 0.260. The highest BCUT2D eigenvalue weighted by molar-refractivity contribution is 7.99. The molecule has 0 aliphatic heterocycles. The Hall–Kier alpha value is -0.540. The summed E-state index contributed by atoms with van der Waals surface area (Å²) in [5.74, 6) is 0. The molecule has 0 saturated heterocycles. The highest BCUT2D eigenvalue weighted by Gasteiger charge is 2.03. The van der Waals surface area contributed by atoms with Crippen LogP contribution in [0.3, 0.4) is 0 Å². The molecule has 0 bridgehead atoms. The smallest absolute Gasteiger partial charge is 0.0962 e. The van der Waals surface area contributed by atoms with Crippen LogP contribution in [0, 0.1) is 0 Å². The quantitative estimate of drug-likeness (QED) is 0.782. The minimum Gasteiger partial charge on any atom is -0.327 e. The Morgan fingerprint density at radius 2 is 2.13 bits per heavy atom. The summed E-state index contributed by atoms with van der Waals surface area (Å²) in [7, 11) is 0. The van der Waals surface area contributed by atoms with E-state index < -0.39 is 0 Å². The van der Waals surface area contributed by atoms with Gasteiger partial charge in [0.2, 0.25) is 0 Å². The largest absolute Gasteiger partial charge is 0.327 e. The van der Waals surface area contributed by atoms with Crippen molar-refractivity contribution in [1.29, 1.82) is 0 Å². The number of hydrogen-bond acceptors (Lipinski definition) is 3. The Bertz CT molecular complexity index is 282. The van der Waals surface area contributed by atoms with Gasteiger partial charge in [0.15, 0.2) is 0 Å². The van der Waals surface area contributed by atoms with Crippen LogP contribution in [0.15, 0.2) is 23.4 Å². The van der Waals surface area contributed by atoms with E-state index in [9.17, 15) is 0 Å². The molecule has 0 amide bonds. The van der Waals surface area contributed by atoms with E-state index in [1.807, 2.05) is 6.20 Å². The summed E-state index contributed by atoms with van der Waals surface area (Å²) in [6, 6.07) is 4.48. The van der Waals surface area contributed by atoms with Crippen molar-refractivity contribution in [1.82, 2.24) is 4.98 Å². The molecule has 1 aromatic rings. The predicted molar refractivity (Wildman–Crippen MR) is 67.2 cm³/mol. The van der Waals surface area contributed by atoms with Gasteiger partial charge in [0.05, 0.1) is 5.03 Å². The zero-order valence-electron chi connectivity index (χ0n) is 9.73. The lowest BCUT2D eigenvalue weighted by atomic mass is 10.1. The zero-order chi connectivity index (χ0) is 11.3. The van der Waals surface area contributed by atoms with E-state index in [1.54, 1.807) is 11.8 Å². The van der Waals surface area contributed by atoms with E-state index in [0.717, 1.165) is 17.9 Å². The highest BCUT2D eigenvalue weighted by Crippen LogP contribution is 2.20. The third-order valence-corrected chi connectivity index (χ3v) is 3.13. The van der Waals surface area contributed by atoms with Gasteiger partial charge in [-0.15, -0.1) is 11.8 Å². The van der Waals surface area contributed by atoms with Gasteiger partial charge in [0.25, 0.3) is 0 Å². The molecule has 2 N–H and O–H groups in total. The first-order valence-corrected chi connectivity index (χ1v) is 6.37. The van der Waals surface area contributed by atoms with Crippen LogP contribution in [0.5, 0.6) is 0 Å². The van der Waals surface area contributed by atoms with Crippen LogP contribution in [0.2, 0.25) is 0 Å². The molecule has 0 saturated carbocycles. The number of nitrogens with zero attached hydrogens (tertiary/aromatic N) is 1. The third kappa shape index (κ3) is 4.67. The summed E-state index contributed by atoms with van der Waals surface area (Å²) in [5.41, 5.74) is 7.12. The Labute approximate surface area is 96.7 Å². The Balaban J connectivity index is 2.56. The Morgan fingerprint density at radius 3 is 2.60 bits per heavy atom. The molecule has 0 aliphatic rings. The van der Waals surface area contributed by atoms with Crippen molar-refractivity contribution < 1.29 is 0 Å². The summed E-state index contributed by atoms with van der Waals surface area (Å²) in [6.45, 7) is 6.46. The van der Waals surface area contributed by atoms with Crippen molar-refractivity contribution in [3.63, 3.8) is 0 Å². The van der Waals surface area contributed by atoms with Gasteiger partial charge < -0.3 is 5.73 Å². The van der Waals surface area contributed by atoms with Crippen LogP contribution < -0.4 is 5.73 Å². The first-order chi connectivity index (χ1) is 7.11. The van der Waals surface area contributed by atoms with E-state index in [1.165, 1.54) is 5.56 Å². The van der Waals surface area contributed by atoms with Gasteiger partial charge in [-0.2, -0.15) is 0 Å². The van der Waals surface area contributed by atoms with Crippen LogP contribution in [0.25, 0.3) is 0 Å². The van der Waals surface area contributed by atoms with Gasteiger partial charge in [-0.25, -0.2) is 4.98 Å². The van der Waals surface area contributed by atoms with E-state index in [0.29, 0.717) is 5.25 Å². The number of thioether (sulfide) groups is 1. The van der Waals surface area contributed by atoms with Crippen molar-refractivity contribution in [3.05, 3.63) is 23.9 Å². The van der Waals surface area contributed by atoms with Crippen LogP contribution >= 0.6 is 11.8 Å². The molecule has 0 radical (unpaired) electrons. The van der Waals surface area contributed by atoms with E-state index in [2.05, 4.69) is 37.9 Å². The average molecular weight is 224 g/mol. The lowest BCUT2D eigenvalue weighted by Gasteiger charge is -2.09. The molecule has 84 valence electrons. The first kappa shape index (κ1) is 12.5. The van der Waals surface area contributed by atoms with Crippen molar-refractivity contribution >= 4 is 11.8 Å². The maximum absolute atomic E-state index is 5.89. The van der Waals surface area contributed by atoms with Gasteiger partial charge in [0, 0.05) is 17.5 Å². The molecular formula is C12H20N2S. The second kappa shape index (κ2) is 6.13. The molecule has 15 heavy (non-hydrogen) atoms. The third-order valence-electron chi connectivity index (χ3n) is 2.18. The van der Waals surface area contributed by atoms with Gasteiger partial charge in [-0.3, -0.25) is 0 Å². The van der Waals surface area contributed by atoms with Gasteiger partial charge in [-0.1, -0.05) is 26.8 Å². The molecule has 3 heteroatoms. The summed E-state index contributed by atoms with van der Waals surface area (Å²) in [4.78, 5) is 4.41. The molecule has 0 aromatic carbocycles. The minimum atomic E-state index is 0.260. The summed E-state index contributed by atoms with van der Waals surface area (Å²) in [6.07, 6.45) is 3.89. The molecular weight excluding hydrogens is 204 g/mol. The fourth-order valence-corrected chi connectivity index (χ4v) is 2.03. The van der Waals surface area contributed by atoms with Gasteiger partial charge >= 0.3 is 0 Å². The van der Waals surface area contributed by atoms with E-state index in [-0.39, 0.29) is 6.04 Å². The molecule has 0 spiro atoms. The topological polar surface area (TPSA) is 38.9 Å². The molecule has 1 unspecified atom stereocenters. The molecule has 1 atom stereocenters. The second-order valence-corrected chi connectivity index (χ2v) is 5.64. The van der Waals surface area contributed by atoms with Crippen molar-refractivity contribution in [3.8, 4) is 0 Å². The van der Waals surface area contributed by atoms with Gasteiger partial charge in [0.1, 0.15) is 0 Å². The lowest BCUT2D eigenvalue weighted by molar-refractivity contribution is 0.644. The van der Waals surface area contributed by atoms with Crippen molar-refractivity contribution in [2.24, 2.45) is 5.73 Å². The Kier molecular flexibility index (Phi) is 5.12. The molecule has 1 aromatic heterocycles. The number of rotatable bonds is 5. The number of aromatic nitrogens is 1. The first-order valence-electron chi connectivity index (χ1n) is 5.49. The van der Waals surface area contributed by atoms with Gasteiger partial charge in [-0.05, 0) is 24.5 Å². The van der Waals surface area contributed by atoms with E-state index >= 15 is 0 Å². The van der Waals surface area contributed by atoms with Crippen LogP contribution in [0.1, 0.15) is 32.8 Å². The van der Waals surface area contributed by atoms with Crippen molar-refractivity contribution in [2.45, 2.75) is 49.9 Å².